The van der Waals surface area contributed by atoms with Crippen molar-refractivity contribution in [2.24, 2.45) is 0 Å². The topological polar surface area (TPSA) is 99.7 Å². The molecule has 2 N–H and O–H groups in total. The van der Waals surface area contributed by atoms with Gasteiger partial charge in [0.2, 0.25) is 0 Å². The molecule has 0 amide bonds. The molecule has 0 spiro atoms. The molecule has 278 valence electrons. The van der Waals surface area contributed by atoms with Crippen LogP contribution >= 0.6 is 0 Å². The second kappa shape index (κ2) is 42.4. The highest BCUT2D eigenvalue weighted by Gasteiger charge is 2.13. The third kappa shape index (κ3) is 60.2. The maximum absolute atomic E-state index is 10.3. The van der Waals surface area contributed by atoms with Gasteiger partial charge in [0, 0.05) is 12.8 Å². The zero-order valence-corrected chi connectivity index (χ0v) is 31.3. The van der Waals surface area contributed by atoms with Gasteiger partial charge < -0.3 is 19.7 Å². The van der Waals surface area contributed by atoms with Crippen LogP contribution in [0.25, 0.3) is 0 Å². The Kier molecular flexibility index (Phi) is 42.8. The average molecular weight is 667 g/mol. The van der Waals surface area contributed by atoms with E-state index >= 15 is 0 Å². The summed E-state index contributed by atoms with van der Waals surface area (Å²) in [6.07, 6.45) is 43.1. The predicted molar refractivity (Wildman–Crippen MR) is 200 cm³/mol. The Hall–Kier alpha value is -1.66. The van der Waals surface area contributed by atoms with E-state index in [9.17, 15) is 9.59 Å². The lowest BCUT2D eigenvalue weighted by molar-refractivity contribution is -0.138. The summed E-state index contributed by atoms with van der Waals surface area (Å²) in [4.78, 5) is 20.6. The van der Waals surface area contributed by atoms with Crippen molar-refractivity contribution in [2.75, 3.05) is 19.8 Å². The van der Waals surface area contributed by atoms with E-state index < -0.39 is 11.9 Å². The maximum Gasteiger partial charge on any atom is 0.303 e. The second-order valence-electron chi connectivity index (χ2n) is 13.2. The van der Waals surface area contributed by atoms with Gasteiger partial charge in [0.1, 0.15) is 0 Å². The van der Waals surface area contributed by atoms with Gasteiger partial charge in [-0.2, -0.15) is 0 Å². The molecule has 47 heavy (non-hydrogen) atoms. The number of carboxylic acid groups (broad SMARTS) is 2. The Morgan fingerprint density at radius 2 is 0.745 bits per heavy atom. The molecule has 0 aromatic rings. The molecule has 0 aromatic heterocycles. The summed E-state index contributed by atoms with van der Waals surface area (Å²) in [7, 11) is 0. The Bertz CT molecular complexity index is 631. The van der Waals surface area contributed by atoms with Gasteiger partial charge >= 0.3 is 11.9 Å². The smallest absolute Gasteiger partial charge is 0.303 e. The van der Waals surface area contributed by atoms with Crippen molar-refractivity contribution in [3.05, 3.63) is 24.3 Å². The molecule has 2 aliphatic rings. The number of carboxylic acids is 2. The lowest BCUT2D eigenvalue weighted by Gasteiger charge is -1.99. The molecule has 0 saturated carbocycles. The summed E-state index contributed by atoms with van der Waals surface area (Å²) in [6, 6.07) is 0. The highest BCUT2D eigenvalue weighted by molar-refractivity contribution is 5.66. The zero-order chi connectivity index (χ0) is 34.9. The van der Waals surface area contributed by atoms with Crippen molar-refractivity contribution in [2.45, 2.75) is 207 Å². The van der Waals surface area contributed by atoms with E-state index in [4.69, 9.17) is 14.9 Å². The number of allylic oxidation sites excluding steroid dienone is 4. The van der Waals surface area contributed by atoms with Gasteiger partial charge in [0.25, 0.3) is 0 Å². The van der Waals surface area contributed by atoms with E-state index in [0.29, 0.717) is 18.9 Å². The van der Waals surface area contributed by atoms with Gasteiger partial charge in [-0.15, -0.1) is 0 Å². The fraction of sp³-hybridized carbons (Fsp3) is 0.854. The molecular weight excluding hydrogens is 588 g/mol. The van der Waals surface area contributed by atoms with Crippen LogP contribution in [0.2, 0.25) is 0 Å². The minimum absolute atomic E-state index is 0.332. The van der Waals surface area contributed by atoms with Crippen LogP contribution in [0.1, 0.15) is 201 Å². The monoisotopic (exact) mass is 667 g/mol. The fourth-order valence-corrected chi connectivity index (χ4v) is 4.79. The summed E-state index contributed by atoms with van der Waals surface area (Å²) >= 11 is 0. The average Bonchev–Trinajstić information content (AvgIpc) is 3.98. The predicted octanol–water partition coefficient (Wildman–Crippen LogP) is 12.6. The number of aliphatic carboxylic acids is 2. The fourth-order valence-electron chi connectivity index (χ4n) is 4.79. The molecule has 1 atom stereocenters. The number of epoxide rings is 2. The molecule has 6 heteroatoms. The number of rotatable bonds is 30. The maximum atomic E-state index is 10.3. The summed E-state index contributed by atoms with van der Waals surface area (Å²) in [6.45, 7) is 9.56. The van der Waals surface area contributed by atoms with Crippen molar-refractivity contribution in [1.29, 1.82) is 0 Å². The van der Waals surface area contributed by atoms with E-state index in [0.717, 1.165) is 45.5 Å². The number of carbonyl (C=O) groups is 2. The SMILES string of the molecule is C1CO1.CC1CO1.CCCCCCCC/C=C/CCCCCCCC(=O)O.CCCCCCCC/C=C/CCCCCCCC(=O)O. The zero-order valence-electron chi connectivity index (χ0n) is 31.3. The standard InChI is InChI=1S/2C18H34O2.C3H6O.C2H4O/c2*1-2-3-4-5-6-7-8-9-10-11-12-13-14-15-16-17-18(19)20;1-3-2-4-3;1-2-3-1/h2*9-10H,2-8,11-17H2,1H3,(H,19,20);3H,2H2,1H3;1-2H2/b2*10-9+;;. The van der Waals surface area contributed by atoms with Crippen LogP contribution in [-0.4, -0.2) is 48.1 Å². The van der Waals surface area contributed by atoms with Crippen molar-refractivity contribution in [1.82, 2.24) is 0 Å². The number of ether oxygens (including phenoxy) is 2. The van der Waals surface area contributed by atoms with Gasteiger partial charge in [-0.1, -0.05) is 141 Å². The van der Waals surface area contributed by atoms with Crippen LogP contribution in [0.4, 0.5) is 0 Å². The summed E-state index contributed by atoms with van der Waals surface area (Å²) in [5, 5.41) is 17.0. The third-order valence-corrected chi connectivity index (χ3v) is 8.01. The molecule has 0 bridgehead atoms. The quantitative estimate of drug-likeness (QED) is 0.0449. The first-order valence-corrected chi connectivity index (χ1v) is 19.9. The molecule has 2 aliphatic heterocycles. The van der Waals surface area contributed by atoms with E-state index in [1.807, 2.05) is 0 Å². The molecule has 2 saturated heterocycles. The molecule has 1 unspecified atom stereocenters. The number of hydrogen-bond donors (Lipinski definition) is 2. The van der Waals surface area contributed by atoms with E-state index in [1.165, 1.54) is 141 Å². The Balaban J connectivity index is 0. The third-order valence-electron chi connectivity index (χ3n) is 8.01. The highest BCUT2D eigenvalue weighted by atomic mass is 16.6. The molecule has 2 rings (SSSR count). The molecule has 0 aliphatic carbocycles. The molecule has 0 aromatic carbocycles. The lowest BCUT2D eigenvalue weighted by Crippen LogP contribution is -1.93. The van der Waals surface area contributed by atoms with Crippen molar-refractivity contribution in [3.63, 3.8) is 0 Å². The second-order valence-corrected chi connectivity index (χ2v) is 13.2. The highest BCUT2D eigenvalue weighted by Crippen LogP contribution is 2.11. The molecular formula is C41H78O6. The van der Waals surface area contributed by atoms with Crippen LogP contribution in [0.15, 0.2) is 24.3 Å². The van der Waals surface area contributed by atoms with Gasteiger partial charge in [-0.05, 0) is 71.1 Å². The van der Waals surface area contributed by atoms with E-state index in [2.05, 4.69) is 49.8 Å². The Morgan fingerprint density at radius 3 is 0.957 bits per heavy atom. The summed E-state index contributed by atoms with van der Waals surface area (Å²) in [5.74, 6) is -1.33. The summed E-state index contributed by atoms with van der Waals surface area (Å²) < 4.78 is 9.21. The van der Waals surface area contributed by atoms with Crippen LogP contribution in [-0.2, 0) is 19.1 Å². The van der Waals surface area contributed by atoms with Gasteiger partial charge in [-0.3, -0.25) is 9.59 Å². The normalized spacial score (nSPS) is 14.5. The van der Waals surface area contributed by atoms with Crippen LogP contribution in [0.5, 0.6) is 0 Å². The lowest BCUT2D eigenvalue weighted by atomic mass is 10.1. The van der Waals surface area contributed by atoms with Crippen LogP contribution in [0, 0.1) is 0 Å². The van der Waals surface area contributed by atoms with Crippen LogP contribution < -0.4 is 0 Å². The van der Waals surface area contributed by atoms with Gasteiger partial charge in [0.15, 0.2) is 0 Å². The largest absolute Gasteiger partial charge is 0.481 e. The van der Waals surface area contributed by atoms with Crippen molar-refractivity contribution in [3.8, 4) is 0 Å². The first-order chi connectivity index (χ1) is 22.9. The van der Waals surface area contributed by atoms with Gasteiger partial charge in [-0.25, -0.2) is 0 Å². The van der Waals surface area contributed by atoms with Crippen LogP contribution in [0.3, 0.4) is 0 Å². The first-order valence-electron chi connectivity index (χ1n) is 19.9. The molecule has 2 heterocycles. The molecule has 0 radical (unpaired) electrons. The minimum atomic E-state index is -0.664. The molecule has 6 nitrogen and oxygen atoms in total. The minimum Gasteiger partial charge on any atom is -0.481 e. The van der Waals surface area contributed by atoms with Crippen molar-refractivity contribution < 1.29 is 29.3 Å². The molecule has 2 fully saturated rings. The van der Waals surface area contributed by atoms with Gasteiger partial charge in [0.05, 0.1) is 25.9 Å². The Morgan fingerprint density at radius 1 is 0.511 bits per heavy atom. The van der Waals surface area contributed by atoms with E-state index in [1.54, 1.807) is 0 Å². The summed E-state index contributed by atoms with van der Waals surface area (Å²) in [5.41, 5.74) is 0. The Labute approximate surface area is 291 Å². The van der Waals surface area contributed by atoms with Crippen molar-refractivity contribution >= 4 is 11.9 Å². The number of hydrogen-bond acceptors (Lipinski definition) is 4. The van der Waals surface area contributed by atoms with E-state index in [-0.39, 0.29) is 0 Å². The first kappa shape index (κ1) is 47.5. The number of unbranched alkanes of at least 4 members (excludes halogenated alkanes) is 22.